The Kier molecular flexibility index (Phi) is 7.57. The number of carbonyl (C=O) groups is 1. The molecule has 0 bridgehead atoms. The van der Waals surface area contributed by atoms with Gasteiger partial charge in [-0.2, -0.15) is 0 Å². The summed E-state index contributed by atoms with van der Waals surface area (Å²) in [6, 6.07) is 17.7. The molecule has 1 amide bonds. The van der Waals surface area contributed by atoms with Gasteiger partial charge >= 0.3 is 0 Å². The lowest BCUT2D eigenvalue weighted by Gasteiger charge is -2.09. The lowest BCUT2D eigenvalue weighted by atomic mass is 10.2. The maximum atomic E-state index is 11.9. The summed E-state index contributed by atoms with van der Waals surface area (Å²) in [6.45, 7) is 3.54. The van der Waals surface area contributed by atoms with Gasteiger partial charge in [0.15, 0.2) is 0 Å². The van der Waals surface area contributed by atoms with Crippen LogP contribution in [0.3, 0.4) is 0 Å². The van der Waals surface area contributed by atoms with E-state index in [2.05, 4.69) is 15.3 Å². The number of aromatic nitrogens is 2. The molecule has 1 N–H and O–H groups in total. The van der Waals surface area contributed by atoms with Crippen molar-refractivity contribution in [3.63, 3.8) is 0 Å². The van der Waals surface area contributed by atoms with Crippen LogP contribution < -0.4 is 14.8 Å². The first-order valence-electron chi connectivity index (χ1n) is 9.67. The van der Waals surface area contributed by atoms with Crippen molar-refractivity contribution in [1.82, 2.24) is 15.3 Å². The standard InChI is InChI=1S/C23H25N3O3/c1-18-15-26-22(16-25-18)23(27)24-13-5-6-14-28-20-9-11-21(12-10-20)29-17-19-7-3-2-4-8-19/h2-4,7-12,15-16H,5-6,13-14,17H2,1H3,(H,24,27). The fraction of sp³-hybridized carbons (Fsp3) is 0.261. The minimum absolute atomic E-state index is 0.204. The van der Waals surface area contributed by atoms with Crippen LogP contribution in [0.4, 0.5) is 0 Å². The first-order valence-corrected chi connectivity index (χ1v) is 9.67. The lowest BCUT2D eigenvalue weighted by Crippen LogP contribution is -2.25. The van der Waals surface area contributed by atoms with E-state index in [1.807, 2.05) is 61.5 Å². The number of ether oxygens (including phenoxy) is 2. The van der Waals surface area contributed by atoms with Crippen LogP contribution in [0.25, 0.3) is 0 Å². The van der Waals surface area contributed by atoms with Gasteiger partial charge in [0.05, 0.1) is 18.5 Å². The summed E-state index contributed by atoms with van der Waals surface area (Å²) in [6.07, 6.45) is 4.73. The largest absolute Gasteiger partial charge is 0.494 e. The minimum Gasteiger partial charge on any atom is -0.494 e. The van der Waals surface area contributed by atoms with Gasteiger partial charge < -0.3 is 14.8 Å². The molecule has 0 fully saturated rings. The molecule has 0 saturated heterocycles. The first kappa shape index (κ1) is 20.3. The number of nitrogens with one attached hydrogen (secondary N) is 1. The summed E-state index contributed by atoms with van der Waals surface area (Å²) in [7, 11) is 0. The normalized spacial score (nSPS) is 10.4. The summed E-state index contributed by atoms with van der Waals surface area (Å²) in [5.41, 5.74) is 2.25. The van der Waals surface area contributed by atoms with Crippen molar-refractivity contribution in [1.29, 1.82) is 0 Å². The Labute approximate surface area is 170 Å². The molecule has 29 heavy (non-hydrogen) atoms. The monoisotopic (exact) mass is 391 g/mol. The Balaban J connectivity index is 1.29. The molecule has 150 valence electrons. The summed E-state index contributed by atoms with van der Waals surface area (Å²) in [5.74, 6) is 1.41. The highest BCUT2D eigenvalue weighted by molar-refractivity contribution is 5.91. The smallest absolute Gasteiger partial charge is 0.271 e. The van der Waals surface area contributed by atoms with Gasteiger partial charge in [-0.15, -0.1) is 0 Å². The van der Waals surface area contributed by atoms with Crippen LogP contribution in [-0.4, -0.2) is 29.0 Å². The lowest BCUT2D eigenvalue weighted by molar-refractivity contribution is 0.0947. The van der Waals surface area contributed by atoms with Gasteiger partial charge in [-0.1, -0.05) is 30.3 Å². The predicted octanol–water partition coefficient (Wildman–Crippen LogP) is 3.95. The summed E-state index contributed by atoms with van der Waals surface area (Å²) >= 11 is 0. The molecular weight excluding hydrogens is 366 g/mol. The average Bonchev–Trinajstić information content (AvgIpc) is 2.76. The van der Waals surface area contributed by atoms with Crippen LogP contribution in [0, 0.1) is 6.92 Å². The molecule has 0 spiro atoms. The molecule has 0 radical (unpaired) electrons. The van der Waals surface area contributed by atoms with Crippen molar-refractivity contribution in [3.8, 4) is 11.5 Å². The number of aryl methyl sites for hydroxylation is 1. The van der Waals surface area contributed by atoms with E-state index >= 15 is 0 Å². The molecule has 3 rings (SSSR count). The average molecular weight is 391 g/mol. The van der Waals surface area contributed by atoms with Crippen LogP contribution in [-0.2, 0) is 6.61 Å². The number of hydrogen-bond donors (Lipinski definition) is 1. The van der Waals surface area contributed by atoms with E-state index in [0.29, 0.717) is 25.5 Å². The molecule has 0 saturated carbocycles. The van der Waals surface area contributed by atoms with E-state index in [9.17, 15) is 4.79 Å². The molecule has 0 aliphatic carbocycles. The molecule has 1 heterocycles. The van der Waals surface area contributed by atoms with Gasteiger partial charge in [-0.25, -0.2) is 4.98 Å². The van der Waals surface area contributed by atoms with E-state index in [1.54, 1.807) is 6.20 Å². The van der Waals surface area contributed by atoms with E-state index in [4.69, 9.17) is 9.47 Å². The second-order valence-corrected chi connectivity index (χ2v) is 6.60. The van der Waals surface area contributed by atoms with Crippen LogP contribution in [0.1, 0.15) is 34.6 Å². The number of nitrogens with zero attached hydrogens (tertiary/aromatic N) is 2. The van der Waals surface area contributed by atoms with E-state index in [1.165, 1.54) is 6.20 Å². The van der Waals surface area contributed by atoms with Crippen molar-refractivity contribution in [2.75, 3.05) is 13.2 Å². The molecule has 0 unspecified atom stereocenters. The third-order valence-electron chi connectivity index (χ3n) is 4.21. The summed E-state index contributed by atoms with van der Waals surface area (Å²) in [4.78, 5) is 20.1. The van der Waals surface area contributed by atoms with Crippen LogP contribution in [0.2, 0.25) is 0 Å². The second kappa shape index (κ2) is 10.8. The van der Waals surface area contributed by atoms with Crippen molar-refractivity contribution in [2.45, 2.75) is 26.4 Å². The zero-order chi connectivity index (χ0) is 20.3. The molecule has 1 aromatic heterocycles. The number of hydrogen-bond acceptors (Lipinski definition) is 5. The van der Waals surface area contributed by atoms with E-state index in [0.717, 1.165) is 35.6 Å². The topological polar surface area (TPSA) is 73.3 Å². The van der Waals surface area contributed by atoms with Crippen molar-refractivity contribution in [2.24, 2.45) is 0 Å². The Morgan fingerprint density at radius 1 is 0.897 bits per heavy atom. The third-order valence-corrected chi connectivity index (χ3v) is 4.21. The number of benzene rings is 2. The van der Waals surface area contributed by atoms with Gasteiger partial charge in [0.2, 0.25) is 0 Å². The fourth-order valence-electron chi connectivity index (χ4n) is 2.59. The summed E-state index contributed by atoms with van der Waals surface area (Å²) < 4.78 is 11.5. The Bertz CT molecular complexity index is 882. The molecule has 6 nitrogen and oxygen atoms in total. The molecule has 6 heteroatoms. The molecule has 0 aliphatic rings. The van der Waals surface area contributed by atoms with Crippen molar-refractivity contribution >= 4 is 5.91 Å². The predicted molar refractivity (Wildman–Crippen MR) is 111 cm³/mol. The first-order chi connectivity index (χ1) is 14.2. The number of rotatable bonds is 10. The summed E-state index contributed by atoms with van der Waals surface area (Å²) in [5, 5.41) is 2.84. The number of amides is 1. The third kappa shape index (κ3) is 6.92. The quantitative estimate of drug-likeness (QED) is 0.530. The van der Waals surface area contributed by atoms with Gasteiger partial charge in [0, 0.05) is 12.7 Å². The van der Waals surface area contributed by atoms with Gasteiger partial charge in [0.25, 0.3) is 5.91 Å². The molecule has 3 aromatic rings. The number of unbranched alkanes of at least 4 members (excludes halogenated alkanes) is 1. The fourth-order valence-corrected chi connectivity index (χ4v) is 2.59. The minimum atomic E-state index is -0.204. The Morgan fingerprint density at radius 3 is 2.31 bits per heavy atom. The van der Waals surface area contributed by atoms with Gasteiger partial charge in [0.1, 0.15) is 23.8 Å². The second-order valence-electron chi connectivity index (χ2n) is 6.60. The SMILES string of the molecule is Cc1cnc(C(=O)NCCCCOc2ccc(OCc3ccccc3)cc2)cn1. The molecular formula is C23H25N3O3. The zero-order valence-corrected chi connectivity index (χ0v) is 16.5. The maximum Gasteiger partial charge on any atom is 0.271 e. The van der Waals surface area contributed by atoms with Crippen molar-refractivity contribution in [3.05, 3.63) is 83.9 Å². The maximum absolute atomic E-state index is 11.9. The van der Waals surface area contributed by atoms with Crippen LogP contribution >= 0.6 is 0 Å². The van der Waals surface area contributed by atoms with Crippen LogP contribution in [0.15, 0.2) is 67.0 Å². The van der Waals surface area contributed by atoms with Gasteiger partial charge in [-0.05, 0) is 49.6 Å². The highest BCUT2D eigenvalue weighted by atomic mass is 16.5. The molecule has 2 aromatic carbocycles. The highest BCUT2D eigenvalue weighted by Gasteiger charge is 2.06. The van der Waals surface area contributed by atoms with Gasteiger partial charge in [-0.3, -0.25) is 9.78 Å². The van der Waals surface area contributed by atoms with E-state index in [-0.39, 0.29) is 5.91 Å². The zero-order valence-electron chi connectivity index (χ0n) is 16.5. The molecule has 0 atom stereocenters. The van der Waals surface area contributed by atoms with Crippen molar-refractivity contribution < 1.29 is 14.3 Å². The van der Waals surface area contributed by atoms with Crippen LogP contribution in [0.5, 0.6) is 11.5 Å². The van der Waals surface area contributed by atoms with E-state index < -0.39 is 0 Å². The number of carbonyl (C=O) groups excluding carboxylic acids is 1. The Hall–Kier alpha value is -3.41. The molecule has 0 aliphatic heterocycles. The Morgan fingerprint density at radius 2 is 1.62 bits per heavy atom. The highest BCUT2D eigenvalue weighted by Crippen LogP contribution is 2.19.